The van der Waals surface area contributed by atoms with Gasteiger partial charge in [-0.25, -0.2) is 4.79 Å². The Hall–Kier alpha value is -3.30. The Balaban J connectivity index is 2.49. The van der Waals surface area contributed by atoms with Gasteiger partial charge in [0.25, 0.3) is 5.91 Å². The predicted octanol–water partition coefficient (Wildman–Crippen LogP) is 4.16. The second kappa shape index (κ2) is 12.1. The number of hydrogen-bond acceptors (Lipinski definition) is 6. The third-order valence-corrected chi connectivity index (χ3v) is 5.50. The van der Waals surface area contributed by atoms with Gasteiger partial charge in [-0.2, -0.15) is 0 Å². The van der Waals surface area contributed by atoms with Crippen molar-refractivity contribution < 1.29 is 29.3 Å². The number of aliphatic hydroxyl groups is 1. The minimum atomic E-state index is -1.36. The van der Waals surface area contributed by atoms with Gasteiger partial charge in [0.15, 0.2) is 0 Å². The van der Waals surface area contributed by atoms with E-state index < -0.39 is 48.2 Å². The fourth-order valence-corrected chi connectivity index (χ4v) is 3.84. The third-order valence-electron chi connectivity index (χ3n) is 5.19. The van der Waals surface area contributed by atoms with E-state index in [1.165, 1.54) is 29.2 Å². The molecule has 0 radical (unpaired) electrons. The van der Waals surface area contributed by atoms with Crippen LogP contribution in [-0.4, -0.2) is 57.3 Å². The molecule has 4 N–H and O–H groups in total. The van der Waals surface area contributed by atoms with Gasteiger partial charge in [-0.3, -0.25) is 9.59 Å². The molecule has 196 valence electrons. The fourth-order valence-electron chi connectivity index (χ4n) is 3.57. The summed E-state index contributed by atoms with van der Waals surface area (Å²) in [5, 5.41) is 25.2. The molecule has 2 rings (SSSR count). The number of benzene rings is 2. The molecule has 0 heterocycles. The Labute approximate surface area is 216 Å². The van der Waals surface area contributed by atoms with Crippen LogP contribution in [0.2, 0.25) is 5.02 Å². The number of rotatable bonds is 8. The molecule has 2 atom stereocenters. The highest BCUT2D eigenvalue weighted by molar-refractivity contribution is 6.34. The summed E-state index contributed by atoms with van der Waals surface area (Å²) in [6, 6.07) is 7.97. The first-order chi connectivity index (χ1) is 16.7. The van der Waals surface area contributed by atoms with Crippen molar-refractivity contribution in [3.63, 3.8) is 0 Å². The maximum Gasteiger partial charge on any atom is 0.408 e. The van der Waals surface area contributed by atoms with E-state index in [1.54, 1.807) is 59.7 Å². The second-order valence-electron chi connectivity index (χ2n) is 9.64. The first-order valence-electron chi connectivity index (χ1n) is 11.5. The fraction of sp³-hybridized carbons (Fsp3) is 0.423. The first kappa shape index (κ1) is 28.9. The number of alkyl carbamates (subject to hydrolysis) is 1. The van der Waals surface area contributed by atoms with E-state index in [0.29, 0.717) is 16.3 Å². The normalized spacial score (nSPS) is 13.0. The minimum absolute atomic E-state index is 0.0119. The van der Waals surface area contributed by atoms with E-state index in [9.17, 15) is 24.6 Å². The van der Waals surface area contributed by atoms with Gasteiger partial charge in [0.1, 0.15) is 23.4 Å². The Kier molecular flexibility index (Phi) is 9.72. The van der Waals surface area contributed by atoms with Gasteiger partial charge in [0.2, 0.25) is 5.91 Å². The van der Waals surface area contributed by atoms with E-state index in [0.717, 1.165) is 5.56 Å². The maximum atomic E-state index is 13.7. The van der Waals surface area contributed by atoms with Crippen LogP contribution in [-0.2, 0) is 14.3 Å². The van der Waals surface area contributed by atoms with Crippen LogP contribution in [0, 0.1) is 6.92 Å². The van der Waals surface area contributed by atoms with Gasteiger partial charge >= 0.3 is 6.09 Å². The van der Waals surface area contributed by atoms with Crippen molar-refractivity contribution in [3.8, 4) is 5.75 Å². The highest BCUT2D eigenvalue weighted by Crippen LogP contribution is 2.31. The van der Waals surface area contributed by atoms with Crippen LogP contribution in [0.15, 0.2) is 42.5 Å². The number of para-hydroxylation sites is 1. The number of aliphatic hydroxyl groups excluding tert-OH is 1. The van der Waals surface area contributed by atoms with Crippen molar-refractivity contribution in [1.82, 2.24) is 10.2 Å². The second-order valence-corrected chi connectivity index (χ2v) is 10.0. The van der Waals surface area contributed by atoms with Crippen molar-refractivity contribution in [3.05, 3.63) is 58.6 Å². The summed E-state index contributed by atoms with van der Waals surface area (Å²) >= 11 is 6.31. The Bertz CT molecular complexity index is 1060. The average Bonchev–Trinajstić information content (AvgIpc) is 2.77. The number of amides is 3. The molecule has 0 bridgehead atoms. The first-order valence-corrected chi connectivity index (χ1v) is 11.9. The van der Waals surface area contributed by atoms with E-state index >= 15 is 0 Å². The molecule has 0 aliphatic carbocycles. The van der Waals surface area contributed by atoms with Crippen molar-refractivity contribution >= 4 is 35.2 Å². The van der Waals surface area contributed by atoms with Crippen molar-refractivity contribution in [1.29, 1.82) is 0 Å². The molecular weight excluding hydrogens is 486 g/mol. The highest BCUT2D eigenvalue weighted by Gasteiger charge is 2.38. The number of ether oxygens (including phenoxy) is 1. The predicted molar refractivity (Wildman–Crippen MR) is 138 cm³/mol. The number of anilines is 1. The molecule has 9 nitrogen and oxygen atoms in total. The molecule has 2 aromatic rings. The Morgan fingerprint density at radius 2 is 1.69 bits per heavy atom. The zero-order chi connectivity index (χ0) is 27.2. The molecule has 0 saturated carbocycles. The number of phenolic OH excluding ortho intramolecular Hbond substituents is 1. The van der Waals surface area contributed by atoms with Crippen LogP contribution >= 0.6 is 11.6 Å². The summed E-state index contributed by atoms with van der Waals surface area (Å²) in [5.41, 5.74) is 0.717. The van der Waals surface area contributed by atoms with Crippen molar-refractivity contribution in [2.75, 3.05) is 11.9 Å². The number of aromatic hydroxyl groups is 1. The minimum Gasteiger partial charge on any atom is -0.508 e. The number of phenols is 1. The Morgan fingerprint density at radius 3 is 2.19 bits per heavy atom. The molecule has 3 amide bonds. The van der Waals surface area contributed by atoms with Gasteiger partial charge in [0, 0.05) is 6.04 Å². The van der Waals surface area contributed by atoms with Gasteiger partial charge in [-0.05, 0) is 70.9 Å². The standard InChI is InChI=1S/C26H34ClN3O6/c1-15(2)30(24(34)20(14-31)28-25(35)36-26(4,5)6)22(17-10-12-18(32)13-11-17)23(33)29-21-16(3)8-7-9-19(21)27/h7-13,15,20,22,31-32H,14H2,1-6H3,(H,28,35)(H,29,33). The summed E-state index contributed by atoms with van der Waals surface area (Å²) in [5.74, 6) is -1.27. The van der Waals surface area contributed by atoms with Crippen molar-refractivity contribution in [2.45, 2.75) is 65.3 Å². The monoisotopic (exact) mass is 519 g/mol. The van der Waals surface area contributed by atoms with Crippen LogP contribution in [0.25, 0.3) is 0 Å². The number of nitrogens with zero attached hydrogens (tertiary/aromatic N) is 1. The number of halogens is 1. The zero-order valence-corrected chi connectivity index (χ0v) is 22.1. The number of carbonyl (C=O) groups is 3. The molecule has 0 saturated heterocycles. The van der Waals surface area contributed by atoms with E-state index in [4.69, 9.17) is 16.3 Å². The molecule has 10 heteroatoms. The number of hydrogen-bond donors (Lipinski definition) is 4. The lowest BCUT2D eigenvalue weighted by Gasteiger charge is -2.37. The number of carbonyl (C=O) groups excluding carboxylic acids is 3. The molecule has 2 aromatic carbocycles. The molecular formula is C26H34ClN3O6. The van der Waals surface area contributed by atoms with Crippen LogP contribution in [0.5, 0.6) is 5.75 Å². The highest BCUT2D eigenvalue weighted by atomic mass is 35.5. The van der Waals surface area contributed by atoms with E-state index in [1.807, 2.05) is 0 Å². The molecule has 36 heavy (non-hydrogen) atoms. The summed E-state index contributed by atoms with van der Waals surface area (Å²) in [6.45, 7) is 9.51. The van der Waals surface area contributed by atoms with Crippen LogP contribution in [0.3, 0.4) is 0 Å². The summed E-state index contributed by atoms with van der Waals surface area (Å²) < 4.78 is 5.22. The summed E-state index contributed by atoms with van der Waals surface area (Å²) in [4.78, 5) is 40.9. The lowest BCUT2D eigenvalue weighted by atomic mass is 10.0. The van der Waals surface area contributed by atoms with Gasteiger partial charge in [-0.1, -0.05) is 35.9 Å². The largest absolute Gasteiger partial charge is 0.508 e. The molecule has 0 aliphatic heterocycles. The SMILES string of the molecule is Cc1cccc(Cl)c1NC(=O)C(c1ccc(O)cc1)N(C(=O)C(CO)NC(=O)OC(C)(C)C)C(C)C. The number of nitrogens with one attached hydrogen (secondary N) is 2. The van der Waals surface area contributed by atoms with Gasteiger partial charge in [0.05, 0.1) is 17.3 Å². The molecule has 0 aromatic heterocycles. The number of aryl methyl sites for hydroxylation is 1. The summed E-state index contributed by atoms with van der Waals surface area (Å²) in [7, 11) is 0. The van der Waals surface area contributed by atoms with E-state index in [2.05, 4.69) is 10.6 Å². The molecule has 2 unspecified atom stereocenters. The lowest BCUT2D eigenvalue weighted by molar-refractivity contribution is -0.143. The van der Waals surface area contributed by atoms with E-state index in [-0.39, 0.29) is 5.75 Å². The quantitative estimate of drug-likeness (QED) is 0.414. The third kappa shape index (κ3) is 7.60. The summed E-state index contributed by atoms with van der Waals surface area (Å²) in [6.07, 6.45) is -0.879. The average molecular weight is 520 g/mol. The maximum absolute atomic E-state index is 13.7. The van der Waals surface area contributed by atoms with Gasteiger partial charge < -0.3 is 30.5 Å². The van der Waals surface area contributed by atoms with Crippen LogP contribution in [0.1, 0.15) is 51.8 Å². The topological polar surface area (TPSA) is 128 Å². The van der Waals surface area contributed by atoms with Crippen LogP contribution in [0.4, 0.5) is 10.5 Å². The smallest absolute Gasteiger partial charge is 0.408 e. The zero-order valence-electron chi connectivity index (χ0n) is 21.3. The molecule has 0 fully saturated rings. The molecule has 0 spiro atoms. The van der Waals surface area contributed by atoms with Crippen molar-refractivity contribution in [2.24, 2.45) is 0 Å². The lowest BCUT2D eigenvalue weighted by Crippen LogP contribution is -2.55. The Morgan fingerprint density at radius 1 is 1.08 bits per heavy atom. The molecule has 0 aliphatic rings. The van der Waals surface area contributed by atoms with Gasteiger partial charge in [-0.15, -0.1) is 0 Å². The van der Waals surface area contributed by atoms with Crippen LogP contribution < -0.4 is 10.6 Å².